The van der Waals surface area contributed by atoms with Gasteiger partial charge in [0.05, 0.1) is 12.6 Å². The average molecular weight is 169 g/mol. The molecule has 0 aromatic heterocycles. The summed E-state index contributed by atoms with van der Waals surface area (Å²) in [4.78, 5) is 5.62. The van der Waals surface area contributed by atoms with Crippen molar-refractivity contribution in [1.29, 1.82) is 0 Å². The molecule has 1 saturated heterocycles. The monoisotopic (exact) mass is 169 g/mol. The third kappa shape index (κ3) is 2.24. The highest BCUT2D eigenvalue weighted by molar-refractivity contribution is 4.90. The summed E-state index contributed by atoms with van der Waals surface area (Å²) in [6.07, 6.45) is 1.43. The van der Waals surface area contributed by atoms with Crippen molar-refractivity contribution in [3.63, 3.8) is 0 Å². The van der Waals surface area contributed by atoms with Gasteiger partial charge in [-0.15, -0.1) is 0 Å². The largest absolute Gasteiger partial charge is 0.271 e. The van der Waals surface area contributed by atoms with Gasteiger partial charge < -0.3 is 0 Å². The maximum absolute atomic E-state index is 5.62. The van der Waals surface area contributed by atoms with Gasteiger partial charge in [-0.25, -0.2) is 0 Å². The Morgan fingerprint density at radius 3 is 2.58 bits per heavy atom. The fraction of sp³-hybridized carbons (Fsp3) is 0.800. The molecular formula is C10H19NO. The molecular weight excluding hydrogens is 150 g/mol. The zero-order valence-corrected chi connectivity index (χ0v) is 8.55. The van der Waals surface area contributed by atoms with Crippen LogP contribution >= 0.6 is 0 Å². The molecule has 0 bridgehead atoms. The molecule has 2 heteroatoms. The highest BCUT2D eigenvalue weighted by Gasteiger charge is 2.31. The Balaban J connectivity index is 2.64. The standard InChI is InChI=1S/C10H19NO/c1-8(2)11-7-10(4,5)6-9(3)12-11/h9H,1,6-7H2,2-5H3. The minimum atomic E-state index is 0.311. The first-order valence-electron chi connectivity index (χ1n) is 4.50. The van der Waals surface area contributed by atoms with E-state index in [0.29, 0.717) is 11.5 Å². The summed E-state index contributed by atoms with van der Waals surface area (Å²) in [5, 5.41) is 1.91. The Labute approximate surface area is 75.2 Å². The van der Waals surface area contributed by atoms with Crippen LogP contribution < -0.4 is 0 Å². The number of nitrogens with zero attached hydrogens (tertiary/aromatic N) is 1. The lowest BCUT2D eigenvalue weighted by Gasteiger charge is -2.41. The quantitative estimate of drug-likeness (QED) is 0.598. The Bertz CT molecular complexity index is 186. The molecule has 1 rings (SSSR count). The second-order valence-electron chi connectivity index (χ2n) is 4.56. The predicted molar refractivity (Wildman–Crippen MR) is 50.5 cm³/mol. The van der Waals surface area contributed by atoms with Crippen molar-refractivity contribution in [2.75, 3.05) is 6.54 Å². The van der Waals surface area contributed by atoms with Gasteiger partial charge in [-0.3, -0.25) is 9.90 Å². The number of hydroxylamine groups is 2. The predicted octanol–water partition coefficient (Wildman–Crippen LogP) is 2.57. The van der Waals surface area contributed by atoms with E-state index in [-0.39, 0.29) is 0 Å². The van der Waals surface area contributed by atoms with Gasteiger partial charge in [-0.05, 0) is 25.7 Å². The van der Waals surface area contributed by atoms with Crippen LogP contribution in [0.15, 0.2) is 12.3 Å². The van der Waals surface area contributed by atoms with Crippen molar-refractivity contribution in [1.82, 2.24) is 5.06 Å². The van der Waals surface area contributed by atoms with Crippen molar-refractivity contribution in [2.45, 2.75) is 40.2 Å². The van der Waals surface area contributed by atoms with Gasteiger partial charge in [0.2, 0.25) is 0 Å². The summed E-state index contributed by atoms with van der Waals surface area (Å²) in [6, 6.07) is 0. The van der Waals surface area contributed by atoms with E-state index in [1.807, 2.05) is 12.0 Å². The lowest BCUT2D eigenvalue weighted by atomic mass is 9.86. The number of hydrogen-bond acceptors (Lipinski definition) is 2. The third-order valence-electron chi connectivity index (χ3n) is 2.14. The smallest absolute Gasteiger partial charge is 0.0834 e. The Morgan fingerprint density at radius 1 is 1.58 bits per heavy atom. The molecule has 0 spiro atoms. The van der Waals surface area contributed by atoms with E-state index in [9.17, 15) is 0 Å². The van der Waals surface area contributed by atoms with E-state index < -0.39 is 0 Å². The summed E-state index contributed by atoms with van der Waals surface area (Å²) >= 11 is 0. The zero-order chi connectivity index (χ0) is 9.35. The molecule has 1 atom stereocenters. The number of allylic oxidation sites excluding steroid dienone is 1. The number of hydrogen-bond donors (Lipinski definition) is 0. The molecule has 2 nitrogen and oxygen atoms in total. The fourth-order valence-corrected chi connectivity index (χ4v) is 1.75. The molecule has 0 radical (unpaired) electrons. The fourth-order valence-electron chi connectivity index (χ4n) is 1.75. The van der Waals surface area contributed by atoms with Crippen LogP contribution in [0.2, 0.25) is 0 Å². The first-order chi connectivity index (χ1) is 5.41. The first kappa shape index (κ1) is 9.59. The van der Waals surface area contributed by atoms with E-state index >= 15 is 0 Å². The normalized spacial score (nSPS) is 28.7. The van der Waals surface area contributed by atoms with Gasteiger partial charge in [-0.1, -0.05) is 20.4 Å². The van der Waals surface area contributed by atoms with Crippen LogP contribution in [0.1, 0.15) is 34.1 Å². The molecule has 1 heterocycles. The molecule has 0 aromatic rings. The van der Waals surface area contributed by atoms with Crippen LogP contribution in [0.5, 0.6) is 0 Å². The molecule has 0 N–H and O–H groups in total. The molecule has 0 aliphatic carbocycles. The molecule has 1 aliphatic heterocycles. The van der Waals surface area contributed by atoms with Crippen molar-refractivity contribution >= 4 is 0 Å². The minimum absolute atomic E-state index is 0.311. The van der Waals surface area contributed by atoms with E-state index in [0.717, 1.165) is 18.7 Å². The van der Waals surface area contributed by atoms with Crippen LogP contribution in [0.25, 0.3) is 0 Å². The Morgan fingerprint density at radius 2 is 2.17 bits per heavy atom. The van der Waals surface area contributed by atoms with Gasteiger partial charge in [0.15, 0.2) is 0 Å². The highest BCUT2D eigenvalue weighted by Crippen LogP contribution is 2.31. The third-order valence-corrected chi connectivity index (χ3v) is 2.14. The first-order valence-corrected chi connectivity index (χ1v) is 4.50. The Kier molecular flexibility index (Phi) is 2.47. The summed E-state index contributed by atoms with van der Waals surface area (Å²) in [5.74, 6) is 0. The summed E-state index contributed by atoms with van der Waals surface area (Å²) in [7, 11) is 0. The second kappa shape index (κ2) is 3.09. The topological polar surface area (TPSA) is 12.5 Å². The van der Waals surface area contributed by atoms with Gasteiger partial charge in [0, 0.05) is 5.70 Å². The van der Waals surface area contributed by atoms with E-state index in [2.05, 4.69) is 27.4 Å². The van der Waals surface area contributed by atoms with Gasteiger partial charge in [0.25, 0.3) is 0 Å². The highest BCUT2D eigenvalue weighted by atomic mass is 16.7. The Hall–Kier alpha value is -0.500. The lowest BCUT2D eigenvalue weighted by Crippen LogP contribution is -2.43. The molecule has 1 fully saturated rings. The van der Waals surface area contributed by atoms with Crippen molar-refractivity contribution in [3.05, 3.63) is 12.3 Å². The molecule has 0 aromatic carbocycles. The maximum Gasteiger partial charge on any atom is 0.0834 e. The number of rotatable bonds is 1. The van der Waals surface area contributed by atoms with Crippen LogP contribution in [-0.2, 0) is 4.84 Å². The molecule has 12 heavy (non-hydrogen) atoms. The maximum atomic E-state index is 5.62. The SMILES string of the molecule is C=C(C)N1CC(C)(C)CC(C)O1. The van der Waals surface area contributed by atoms with Crippen LogP contribution in [0, 0.1) is 5.41 Å². The molecule has 1 unspecified atom stereocenters. The lowest BCUT2D eigenvalue weighted by molar-refractivity contribution is -0.221. The van der Waals surface area contributed by atoms with Crippen LogP contribution in [-0.4, -0.2) is 17.7 Å². The van der Waals surface area contributed by atoms with Gasteiger partial charge in [0.1, 0.15) is 0 Å². The molecule has 70 valence electrons. The van der Waals surface area contributed by atoms with Crippen molar-refractivity contribution < 1.29 is 4.84 Å². The van der Waals surface area contributed by atoms with Gasteiger partial charge in [-0.2, -0.15) is 0 Å². The van der Waals surface area contributed by atoms with E-state index in [1.54, 1.807) is 0 Å². The van der Waals surface area contributed by atoms with Crippen LogP contribution in [0.3, 0.4) is 0 Å². The van der Waals surface area contributed by atoms with E-state index in [1.165, 1.54) is 0 Å². The minimum Gasteiger partial charge on any atom is -0.271 e. The van der Waals surface area contributed by atoms with E-state index in [4.69, 9.17) is 4.84 Å². The average Bonchev–Trinajstić information content (AvgIpc) is 1.82. The second-order valence-corrected chi connectivity index (χ2v) is 4.56. The summed E-state index contributed by atoms with van der Waals surface area (Å²) < 4.78 is 0. The molecule has 0 amide bonds. The van der Waals surface area contributed by atoms with Crippen molar-refractivity contribution in [2.24, 2.45) is 5.41 Å². The van der Waals surface area contributed by atoms with Crippen LogP contribution in [0.4, 0.5) is 0 Å². The summed E-state index contributed by atoms with van der Waals surface area (Å²) in [5.41, 5.74) is 1.34. The summed E-state index contributed by atoms with van der Waals surface area (Å²) in [6.45, 7) is 13.5. The molecule has 0 saturated carbocycles. The van der Waals surface area contributed by atoms with Gasteiger partial charge >= 0.3 is 0 Å². The molecule has 1 aliphatic rings. The van der Waals surface area contributed by atoms with Crippen molar-refractivity contribution in [3.8, 4) is 0 Å². The zero-order valence-electron chi connectivity index (χ0n) is 8.55.